The Bertz CT molecular complexity index is 1300. The van der Waals surface area contributed by atoms with Crippen LogP contribution in [0.15, 0.2) is 42.5 Å². The number of carbonyl (C=O) groups is 6. The van der Waals surface area contributed by atoms with Crippen LogP contribution in [0.2, 0.25) is 0 Å². The van der Waals surface area contributed by atoms with E-state index in [9.17, 15) is 28.8 Å². The van der Waals surface area contributed by atoms with Crippen LogP contribution in [0.1, 0.15) is 49.7 Å². The van der Waals surface area contributed by atoms with Gasteiger partial charge in [0.15, 0.2) is 0 Å². The van der Waals surface area contributed by atoms with Crippen LogP contribution < -0.4 is 5.32 Å². The molecule has 0 spiro atoms. The average molecular weight is 556 g/mol. The van der Waals surface area contributed by atoms with Crippen LogP contribution in [0.5, 0.6) is 0 Å². The molecule has 0 bridgehead atoms. The van der Waals surface area contributed by atoms with Gasteiger partial charge in [-0.2, -0.15) is 17.7 Å². The quantitative estimate of drug-likeness (QED) is 0.204. The fourth-order valence-corrected chi connectivity index (χ4v) is 4.67. The number of benzene rings is 2. The van der Waals surface area contributed by atoms with Crippen LogP contribution in [-0.4, -0.2) is 70.0 Å². The smallest absolute Gasteiger partial charge is 0.448 e. The number of likely N-dealkylation sites (tertiary alicyclic amines) is 1. The summed E-state index contributed by atoms with van der Waals surface area (Å²) in [5.74, 6) is -1.08. The van der Waals surface area contributed by atoms with Crippen molar-refractivity contribution in [2.24, 2.45) is 0 Å². The lowest BCUT2D eigenvalue weighted by atomic mass is 9.99. The van der Waals surface area contributed by atoms with E-state index in [0.717, 1.165) is 10.6 Å². The topological polar surface area (TPSA) is 150 Å². The van der Waals surface area contributed by atoms with Crippen LogP contribution >= 0.6 is 12.6 Å². The zero-order valence-electron chi connectivity index (χ0n) is 21.5. The van der Waals surface area contributed by atoms with Crippen molar-refractivity contribution in [3.63, 3.8) is 0 Å². The molecule has 4 rings (SSSR count). The van der Waals surface area contributed by atoms with Gasteiger partial charge in [0.2, 0.25) is 17.7 Å². The maximum Gasteiger partial charge on any atom is 0.530 e. The fraction of sp³-hybridized carbons (Fsp3) is 0.333. The number of thiol groups is 1. The molecule has 2 aromatic carbocycles. The summed E-state index contributed by atoms with van der Waals surface area (Å²) in [6.07, 6.45) is -0.791. The first-order valence-corrected chi connectivity index (χ1v) is 12.7. The Morgan fingerprint density at radius 2 is 1.82 bits per heavy atom. The predicted octanol–water partition coefficient (Wildman–Crippen LogP) is 3.24. The van der Waals surface area contributed by atoms with Crippen molar-refractivity contribution in [2.75, 3.05) is 18.9 Å². The number of nitrogens with one attached hydrogen (secondary N) is 1. The number of amides is 4. The first-order chi connectivity index (χ1) is 18.5. The molecule has 39 heavy (non-hydrogen) atoms. The SMILES string of the molecule is CC1c2ccccc2-c2ccc(NC(=O)CCN3C(=O)CC(S)C3=O)cc21.CN(OC(=O)O)C(=O)CCC=O. The Morgan fingerprint density at radius 3 is 2.46 bits per heavy atom. The van der Waals surface area contributed by atoms with E-state index >= 15 is 0 Å². The molecule has 2 atom stereocenters. The summed E-state index contributed by atoms with van der Waals surface area (Å²) in [6.45, 7) is 2.25. The number of fused-ring (bicyclic) bond motifs is 3. The minimum Gasteiger partial charge on any atom is -0.448 e. The maximum atomic E-state index is 12.3. The molecule has 0 aromatic heterocycles. The highest BCUT2D eigenvalue weighted by molar-refractivity contribution is 7.81. The molecule has 2 N–H and O–H groups in total. The van der Waals surface area contributed by atoms with Crippen LogP contribution in [0.3, 0.4) is 0 Å². The summed E-state index contributed by atoms with van der Waals surface area (Å²) in [4.78, 5) is 71.6. The number of hydroxylamine groups is 2. The Hall–Kier alpha value is -4.19. The maximum absolute atomic E-state index is 12.3. The minimum absolute atomic E-state index is 0.0483. The van der Waals surface area contributed by atoms with Gasteiger partial charge in [0.25, 0.3) is 5.91 Å². The number of anilines is 1. The molecule has 0 radical (unpaired) electrons. The van der Waals surface area contributed by atoms with Crippen molar-refractivity contribution in [3.05, 3.63) is 53.6 Å². The summed E-state index contributed by atoms with van der Waals surface area (Å²) < 4.78 is 0. The number of rotatable bonds is 7. The van der Waals surface area contributed by atoms with Crippen LogP contribution in [-0.2, 0) is 28.8 Å². The van der Waals surface area contributed by atoms with Crippen molar-refractivity contribution >= 4 is 54.4 Å². The molecule has 206 valence electrons. The highest BCUT2D eigenvalue weighted by atomic mass is 32.1. The van der Waals surface area contributed by atoms with Gasteiger partial charge < -0.3 is 20.1 Å². The van der Waals surface area contributed by atoms with Gasteiger partial charge in [-0.25, -0.2) is 4.79 Å². The Balaban J connectivity index is 0.000000298. The van der Waals surface area contributed by atoms with Crippen LogP contribution in [0, 0.1) is 0 Å². The molecular formula is C27H29N3O8S. The third kappa shape index (κ3) is 7.23. The van der Waals surface area contributed by atoms with Gasteiger partial charge in [0, 0.05) is 50.9 Å². The van der Waals surface area contributed by atoms with E-state index in [-0.39, 0.29) is 55.9 Å². The van der Waals surface area contributed by atoms with E-state index in [0.29, 0.717) is 11.3 Å². The third-order valence-corrected chi connectivity index (χ3v) is 6.75. The minimum atomic E-state index is -1.56. The van der Waals surface area contributed by atoms with Crippen LogP contribution in [0.25, 0.3) is 11.1 Å². The normalized spacial score (nSPS) is 16.9. The van der Waals surface area contributed by atoms with Gasteiger partial charge in [0.1, 0.15) is 6.29 Å². The molecule has 1 fully saturated rings. The van der Waals surface area contributed by atoms with Gasteiger partial charge in [0.05, 0.1) is 5.25 Å². The molecule has 4 amide bonds. The number of nitrogens with zero attached hydrogens (tertiary/aromatic N) is 2. The summed E-state index contributed by atoms with van der Waals surface area (Å²) in [5, 5.41) is 10.9. The van der Waals surface area contributed by atoms with E-state index in [1.807, 2.05) is 30.3 Å². The first-order valence-electron chi connectivity index (χ1n) is 12.2. The highest BCUT2D eigenvalue weighted by Crippen LogP contribution is 2.45. The van der Waals surface area contributed by atoms with Crippen molar-refractivity contribution in [3.8, 4) is 11.1 Å². The largest absolute Gasteiger partial charge is 0.530 e. The number of aldehydes is 1. The standard InChI is InChI=1S/C21H20N2O3S.C6H9NO5/c1-12-14-4-2-3-5-15(14)16-7-6-13(10-17(12)16)22-19(24)8-9-23-20(25)11-18(27)21(23)26;1-7(12-6(10)11)5(9)3-2-4-8/h2-7,10,12,18,27H,8-9,11H2,1H3,(H,22,24);4H,2-3H2,1H3,(H,10,11). The van der Waals surface area contributed by atoms with E-state index < -0.39 is 17.3 Å². The van der Waals surface area contributed by atoms with Crippen molar-refractivity contribution in [1.82, 2.24) is 9.96 Å². The number of hydrogen-bond acceptors (Lipinski definition) is 8. The second kappa shape index (κ2) is 13.1. The molecule has 12 heteroatoms. The lowest BCUT2D eigenvalue weighted by Crippen LogP contribution is -2.33. The predicted molar refractivity (Wildman–Crippen MR) is 144 cm³/mol. The second-order valence-electron chi connectivity index (χ2n) is 8.97. The number of imide groups is 1. The van der Waals surface area contributed by atoms with E-state index in [1.54, 1.807) is 0 Å². The summed E-state index contributed by atoms with van der Waals surface area (Å²) in [7, 11) is 1.17. The molecule has 1 aliphatic heterocycles. The lowest BCUT2D eigenvalue weighted by molar-refractivity contribution is -0.164. The monoisotopic (exact) mass is 555 g/mol. The van der Waals surface area contributed by atoms with Crippen LogP contribution in [0.4, 0.5) is 10.5 Å². The molecule has 1 heterocycles. The second-order valence-corrected chi connectivity index (χ2v) is 9.59. The average Bonchev–Trinajstić information content (AvgIpc) is 3.32. The van der Waals surface area contributed by atoms with Crippen molar-refractivity contribution in [1.29, 1.82) is 0 Å². The molecule has 1 aliphatic carbocycles. The molecule has 2 aromatic rings. The molecular weight excluding hydrogens is 526 g/mol. The molecule has 1 saturated heterocycles. The zero-order chi connectivity index (χ0) is 28.7. The third-order valence-electron chi connectivity index (χ3n) is 6.34. The zero-order valence-corrected chi connectivity index (χ0v) is 22.4. The van der Waals surface area contributed by atoms with Gasteiger partial charge in [-0.15, -0.1) is 0 Å². The van der Waals surface area contributed by atoms with E-state index in [4.69, 9.17) is 5.11 Å². The van der Waals surface area contributed by atoms with E-state index in [2.05, 4.69) is 41.8 Å². The number of carbonyl (C=O) groups excluding carboxylic acids is 5. The highest BCUT2D eigenvalue weighted by Gasteiger charge is 2.36. The first kappa shape index (κ1) is 29.4. The lowest BCUT2D eigenvalue weighted by Gasteiger charge is -2.14. The summed E-state index contributed by atoms with van der Waals surface area (Å²) in [6, 6.07) is 14.3. The van der Waals surface area contributed by atoms with Crippen molar-refractivity contribution < 1.29 is 38.7 Å². The molecule has 2 aliphatic rings. The fourth-order valence-electron chi connectivity index (χ4n) is 4.38. The Labute approximate surface area is 230 Å². The summed E-state index contributed by atoms with van der Waals surface area (Å²) >= 11 is 4.09. The van der Waals surface area contributed by atoms with Crippen molar-refractivity contribution in [2.45, 2.75) is 43.8 Å². The van der Waals surface area contributed by atoms with Gasteiger partial charge in [-0.05, 0) is 34.4 Å². The molecule has 2 unspecified atom stereocenters. The number of carboxylic acid groups (broad SMARTS) is 1. The van der Waals surface area contributed by atoms with E-state index in [1.165, 1.54) is 29.3 Å². The summed E-state index contributed by atoms with van der Waals surface area (Å²) in [5.41, 5.74) is 5.65. The molecule has 0 saturated carbocycles. The number of hydrogen-bond donors (Lipinski definition) is 3. The van der Waals surface area contributed by atoms with Gasteiger partial charge in [-0.1, -0.05) is 37.3 Å². The van der Waals surface area contributed by atoms with Gasteiger partial charge >= 0.3 is 6.16 Å². The Morgan fingerprint density at radius 1 is 1.13 bits per heavy atom. The Kier molecular flexibility index (Phi) is 9.83. The molecule has 11 nitrogen and oxygen atoms in total. The van der Waals surface area contributed by atoms with Gasteiger partial charge in [-0.3, -0.25) is 24.1 Å².